The average Bonchev–Trinajstić information content (AvgIpc) is 3.26. The predicted octanol–water partition coefficient (Wildman–Crippen LogP) is 3.43. The van der Waals surface area contributed by atoms with Crippen LogP contribution in [0.25, 0.3) is 0 Å². The third-order valence-electron chi connectivity index (χ3n) is 4.97. The van der Waals surface area contributed by atoms with E-state index in [1.807, 2.05) is 23.1 Å². The lowest BCUT2D eigenvalue weighted by atomic mass is 10.1. The molecular weight excluding hydrogens is 483 g/mol. The predicted molar refractivity (Wildman–Crippen MR) is 128 cm³/mol. The van der Waals surface area contributed by atoms with Gasteiger partial charge in [-0.25, -0.2) is 0 Å². The Morgan fingerprint density at radius 1 is 1.25 bits per heavy atom. The van der Waals surface area contributed by atoms with Crippen LogP contribution in [0.15, 0.2) is 46.8 Å². The molecule has 2 N–H and O–H groups in total. The van der Waals surface area contributed by atoms with Crippen molar-refractivity contribution in [2.24, 2.45) is 10.9 Å². The van der Waals surface area contributed by atoms with E-state index in [-0.39, 0.29) is 29.9 Å². The molecule has 0 spiro atoms. The number of nitrogens with one attached hydrogen (secondary N) is 2. The Morgan fingerprint density at radius 2 is 2.04 bits per heavy atom. The number of aryl methyl sites for hydroxylation is 1. The summed E-state index contributed by atoms with van der Waals surface area (Å²) in [5, 5.41) is 8.84. The number of thiophene rings is 1. The zero-order valence-electron chi connectivity index (χ0n) is 16.5. The third-order valence-corrected chi connectivity index (χ3v) is 6.00. The van der Waals surface area contributed by atoms with Gasteiger partial charge in [-0.15, -0.1) is 35.3 Å². The highest BCUT2D eigenvalue weighted by atomic mass is 127. The number of nitrogens with zero attached hydrogens (tertiary/aromatic N) is 2. The summed E-state index contributed by atoms with van der Waals surface area (Å²) in [4.78, 5) is 19.9. The molecule has 1 atom stereocenters. The van der Waals surface area contributed by atoms with E-state index in [2.05, 4.69) is 46.1 Å². The number of hydrogen-bond donors (Lipinski definition) is 2. The monoisotopic (exact) mass is 512 g/mol. The summed E-state index contributed by atoms with van der Waals surface area (Å²) in [6.07, 6.45) is 1.53. The van der Waals surface area contributed by atoms with Crippen LogP contribution in [-0.2, 0) is 17.8 Å². The lowest BCUT2D eigenvalue weighted by Crippen LogP contribution is -2.40. The van der Waals surface area contributed by atoms with Gasteiger partial charge in [-0.3, -0.25) is 9.79 Å². The molecule has 1 saturated heterocycles. The second-order valence-electron chi connectivity index (χ2n) is 6.98. The first kappa shape index (κ1) is 22.7. The van der Waals surface area contributed by atoms with Crippen LogP contribution in [0.5, 0.6) is 0 Å². The molecule has 0 aliphatic carbocycles. The number of carbonyl (C=O) groups excluding carboxylic acids is 1. The SMILES string of the molecule is CN=C(NCc1sccc1C)NCC1CC(=O)N(CCc2ccccc2)C1.I. The molecule has 0 saturated carbocycles. The summed E-state index contributed by atoms with van der Waals surface area (Å²) in [6.45, 7) is 5.27. The molecular formula is C21H29IN4OS. The second kappa shape index (κ2) is 11.4. The van der Waals surface area contributed by atoms with E-state index < -0.39 is 0 Å². The summed E-state index contributed by atoms with van der Waals surface area (Å²) >= 11 is 1.75. The standard InChI is InChI=1S/C21H28N4OS.HI/c1-16-9-11-27-19(16)14-24-21(22-2)23-13-18-12-20(26)25(15-18)10-8-17-6-4-3-5-7-17;/h3-7,9,11,18H,8,10,12-15H2,1-2H3,(H2,22,23,24);1H. The van der Waals surface area contributed by atoms with Crippen molar-refractivity contribution in [3.05, 3.63) is 57.8 Å². The van der Waals surface area contributed by atoms with E-state index in [4.69, 9.17) is 0 Å². The second-order valence-corrected chi connectivity index (χ2v) is 7.98. The summed E-state index contributed by atoms with van der Waals surface area (Å²) in [5.74, 6) is 1.38. The molecule has 5 nitrogen and oxygen atoms in total. The van der Waals surface area contributed by atoms with Crippen LogP contribution in [0.3, 0.4) is 0 Å². The van der Waals surface area contributed by atoms with Crippen molar-refractivity contribution < 1.29 is 4.79 Å². The largest absolute Gasteiger partial charge is 0.356 e. The lowest BCUT2D eigenvalue weighted by molar-refractivity contribution is -0.127. The van der Waals surface area contributed by atoms with E-state index >= 15 is 0 Å². The molecule has 1 unspecified atom stereocenters. The van der Waals surface area contributed by atoms with Crippen molar-refractivity contribution in [3.8, 4) is 0 Å². The first-order valence-electron chi connectivity index (χ1n) is 9.45. The van der Waals surface area contributed by atoms with Gasteiger partial charge in [0.05, 0.1) is 6.54 Å². The van der Waals surface area contributed by atoms with Crippen molar-refractivity contribution in [3.63, 3.8) is 0 Å². The van der Waals surface area contributed by atoms with Gasteiger partial charge in [-0.05, 0) is 35.9 Å². The number of rotatable bonds is 7. The van der Waals surface area contributed by atoms with Crippen molar-refractivity contribution in [2.75, 3.05) is 26.7 Å². The highest BCUT2D eigenvalue weighted by molar-refractivity contribution is 14.0. The van der Waals surface area contributed by atoms with E-state index in [1.165, 1.54) is 16.0 Å². The first-order valence-corrected chi connectivity index (χ1v) is 10.3. The van der Waals surface area contributed by atoms with Crippen LogP contribution in [-0.4, -0.2) is 43.4 Å². The molecule has 28 heavy (non-hydrogen) atoms. The Kier molecular flexibility index (Phi) is 9.24. The van der Waals surface area contributed by atoms with E-state index in [9.17, 15) is 4.79 Å². The van der Waals surface area contributed by atoms with Gasteiger partial charge in [-0.1, -0.05) is 30.3 Å². The lowest BCUT2D eigenvalue weighted by Gasteiger charge is -2.18. The molecule has 0 radical (unpaired) electrons. The third kappa shape index (κ3) is 6.48. The molecule has 1 amide bonds. The quantitative estimate of drug-likeness (QED) is 0.340. The maximum Gasteiger partial charge on any atom is 0.223 e. The summed E-state index contributed by atoms with van der Waals surface area (Å²) < 4.78 is 0. The minimum absolute atomic E-state index is 0. The molecule has 7 heteroatoms. The van der Waals surface area contributed by atoms with Crippen molar-refractivity contribution >= 4 is 47.2 Å². The van der Waals surface area contributed by atoms with Crippen LogP contribution in [0, 0.1) is 12.8 Å². The Morgan fingerprint density at radius 3 is 2.71 bits per heavy atom. The molecule has 1 fully saturated rings. The van der Waals surface area contributed by atoms with Gasteiger partial charge in [0.1, 0.15) is 0 Å². The van der Waals surface area contributed by atoms with Gasteiger partial charge in [0.2, 0.25) is 5.91 Å². The Bertz CT molecular complexity index is 778. The van der Waals surface area contributed by atoms with Crippen LogP contribution in [0.4, 0.5) is 0 Å². The molecule has 3 rings (SSSR count). The molecule has 1 aliphatic heterocycles. The van der Waals surface area contributed by atoms with Gasteiger partial charge >= 0.3 is 0 Å². The highest BCUT2D eigenvalue weighted by Gasteiger charge is 2.29. The minimum atomic E-state index is 0. The van der Waals surface area contributed by atoms with E-state index in [1.54, 1.807) is 18.4 Å². The van der Waals surface area contributed by atoms with Crippen LogP contribution in [0.1, 0.15) is 22.4 Å². The molecule has 2 heterocycles. The maximum atomic E-state index is 12.3. The normalized spacial score (nSPS) is 16.8. The Labute approximate surface area is 188 Å². The Hall–Kier alpha value is -1.61. The van der Waals surface area contributed by atoms with E-state index in [0.29, 0.717) is 12.3 Å². The summed E-state index contributed by atoms with van der Waals surface area (Å²) in [7, 11) is 1.78. The van der Waals surface area contributed by atoms with Crippen LogP contribution < -0.4 is 10.6 Å². The fraction of sp³-hybridized carbons (Fsp3) is 0.429. The number of hydrogen-bond acceptors (Lipinski definition) is 3. The zero-order chi connectivity index (χ0) is 19.1. The first-order chi connectivity index (χ1) is 13.2. The van der Waals surface area contributed by atoms with Crippen LogP contribution in [0.2, 0.25) is 0 Å². The van der Waals surface area contributed by atoms with Crippen molar-refractivity contribution in [1.29, 1.82) is 0 Å². The molecule has 2 aromatic rings. The number of carbonyl (C=O) groups is 1. The molecule has 1 aromatic carbocycles. The smallest absolute Gasteiger partial charge is 0.223 e. The molecule has 152 valence electrons. The van der Waals surface area contributed by atoms with E-state index in [0.717, 1.165) is 38.6 Å². The van der Waals surface area contributed by atoms with Crippen molar-refractivity contribution in [1.82, 2.24) is 15.5 Å². The van der Waals surface area contributed by atoms with Gasteiger partial charge in [0.25, 0.3) is 0 Å². The Balaban J connectivity index is 0.00000280. The molecule has 1 aliphatic rings. The number of guanidine groups is 1. The number of halogens is 1. The number of amides is 1. The molecule has 0 bridgehead atoms. The van der Waals surface area contributed by atoms with Gasteiger partial charge in [0, 0.05) is 43.9 Å². The van der Waals surface area contributed by atoms with Gasteiger partial charge < -0.3 is 15.5 Å². The van der Waals surface area contributed by atoms with Gasteiger partial charge in [0.15, 0.2) is 5.96 Å². The maximum absolute atomic E-state index is 12.3. The number of likely N-dealkylation sites (tertiary alicyclic amines) is 1. The fourth-order valence-corrected chi connectivity index (χ4v) is 4.17. The topological polar surface area (TPSA) is 56.7 Å². The highest BCUT2D eigenvalue weighted by Crippen LogP contribution is 2.18. The van der Waals surface area contributed by atoms with Crippen molar-refractivity contribution in [2.45, 2.75) is 26.3 Å². The fourth-order valence-electron chi connectivity index (χ4n) is 3.33. The van der Waals surface area contributed by atoms with Gasteiger partial charge in [-0.2, -0.15) is 0 Å². The summed E-state index contributed by atoms with van der Waals surface area (Å²) in [5.41, 5.74) is 2.58. The summed E-state index contributed by atoms with van der Waals surface area (Å²) in [6, 6.07) is 12.5. The number of aliphatic imine (C=N–C) groups is 1. The number of benzene rings is 1. The molecule has 1 aromatic heterocycles. The average molecular weight is 512 g/mol. The minimum Gasteiger partial charge on any atom is -0.356 e. The van der Waals surface area contributed by atoms with Crippen LogP contribution >= 0.6 is 35.3 Å². The zero-order valence-corrected chi connectivity index (χ0v) is 19.6.